The third kappa shape index (κ3) is 3.53. The lowest BCUT2D eigenvalue weighted by Gasteiger charge is -2.21. The van der Waals surface area contributed by atoms with Crippen molar-refractivity contribution in [1.82, 2.24) is 10.3 Å². The van der Waals surface area contributed by atoms with Crippen LogP contribution in [0.25, 0.3) is 0 Å². The van der Waals surface area contributed by atoms with Crippen molar-refractivity contribution in [3.8, 4) is 0 Å². The van der Waals surface area contributed by atoms with Crippen LogP contribution in [-0.4, -0.2) is 23.9 Å². The quantitative estimate of drug-likeness (QED) is 0.819. The molecular formula is C13H19N3O. The van der Waals surface area contributed by atoms with Crippen molar-refractivity contribution >= 4 is 11.5 Å². The van der Waals surface area contributed by atoms with Crippen molar-refractivity contribution in [2.75, 3.05) is 18.8 Å². The highest BCUT2D eigenvalue weighted by Gasteiger charge is 2.17. The number of rotatable bonds is 4. The van der Waals surface area contributed by atoms with Crippen LogP contribution in [0.2, 0.25) is 0 Å². The number of ketones is 1. The third-order valence-electron chi connectivity index (χ3n) is 3.24. The molecule has 0 amide bonds. The molecule has 17 heavy (non-hydrogen) atoms. The number of carbonyl (C=O) groups excluding carboxylic acids is 1. The first kappa shape index (κ1) is 12.0. The molecule has 0 radical (unpaired) electrons. The summed E-state index contributed by atoms with van der Waals surface area (Å²) in [6.45, 7) is 2.05. The molecule has 4 nitrogen and oxygen atoms in total. The van der Waals surface area contributed by atoms with Crippen molar-refractivity contribution < 1.29 is 4.79 Å². The summed E-state index contributed by atoms with van der Waals surface area (Å²) in [5.41, 5.74) is 7.31. The molecule has 1 aliphatic heterocycles. The van der Waals surface area contributed by atoms with Crippen LogP contribution < -0.4 is 11.1 Å². The number of piperidine rings is 1. The van der Waals surface area contributed by atoms with Gasteiger partial charge in [-0.2, -0.15) is 0 Å². The van der Waals surface area contributed by atoms with E-state index in [1.807, 2.05) is 0 Å². The van der Waals surface area contributed by atoms with Gasteiger partial charge in [0.2, 0.25) is 0 Å². The van der Waals surface area contributed by atoms with E-state index in [0.717, 1.165) is 25.1 Å². The molecule has 0 aromatic carbocycles. The number of Topliss-reactive ketones (excluding diaryl/α,β-unsaturated/α-hetero) is 1. The Kier molecular flexibility index (Phi) is 4.09. The predicted octanol–water partition coefficient (Wildman–Crippen LogP) is 1.17. The molecule has 2 heterocycles. The molecule has 3 N–H and O–H groups in total. The maximum atomic E-state index is 11.9. The van der Waals surface area contributed by atoms with Crippen molar-refractivity contribution in [2.45, 2.75) is 25.7 Å². The van der Waals surface area contributed by atoms with Gasteiger partial charge in [0.15, 0.2) is 0 Å². The third-order valence-corrected chi connectivity index (χ3v) is 3.24. The summed E-state index contributed by atoms with van der Waals surface area (Å²) in [5.74, 6) is 0.757. The molecule has 1 aromatic heterocycles. The van der Waals surface area contributed by atoms with Crippen molar-refractivity contribution in [1.29, 1.82) is 0 Å². The summed E-state index contributed by atoms with van der Waals surface area (Å²) >= 11 is 0. The largest absolute Gasteiger partial charge is 0.398 e. The Balaban J connectivity index is 1.86. The van der Waals surface area contributed by atoms with E-state index >= 15 is 0 Å². The number of pyridine rings is 1. The van der Waals surface area contributed by atoms with Crippen LogP contribution in [0.3, 0.4) is 0 Å². The molecule has 0 saturated carbocycles. The van der Waals surface area contributed by atoms with Gasteiger partial charge in [-0.05, 0) is 37.9 Å². The van der Waals surface area contributed by atoms with Crippen molar-refractivity contribution in [3.05, 3.63) is 24.0 Å². The van der Waals surface area contributed by atoms with Gasteiger partial charge in [0, 0.05) is 36.5 Å². The number of aromatic nitrogens is 1. The van der Waals surface area contributed by atoms with Gasteiger partial charge in [-0.15, -0.1) is 0 Å². The number of hydrogen-bond acceptors (Lipinski definition) is 4. The topological polar surface area (TPSA) is 68.0 Å². The molecule has 92 valence electrons. The van der Waals surface area contributed by atoms with E-state index < -0.39 is 0 Å². The van der Waals surface area contributed by atoms with E-state index in [-0.39, 0.29) is 5.78 Å². The standard InChI is InChI=1S/C13H19N3O/c14-13-3-5-16-9-11(13)7-12(17)6-10-2-1-4-15-8-10/h3,5,9-10,15H,1-2,4,6-8H2,(H2,14,16). The molecule has 0 spiro atoms. The fraction of sp³-hybridized carbons (Fsp3) is 0.538. The molecule has 1 atom stereocenters. The monoisotopic (exact) mass is 233 g/mol. The molecule has 1 aliphatic rings. The van der Waals surface area contributed by atoms with Crippen molar-refractivity contribution in [3.63, 3.8) is 0 Å². The molecule has 0 bridgehead atoms. The van der Waals surface area contributed by atoms with E-state index in [4.69, 9.17) is 5.73 Å². The summed E-state index contributed by atoms with van der Waals surface area (Å²) in [4.78, 5) is 15.9. The highest BCUT2D eigenvalue weighted by Crippen LogP contribution is 2.17. The number of nitrogens with zero attached hydrogens (tertiary/aromatic N) is 1. The Morgan fingerprint density at radius 2 is 2.47 bits per heavy atom. The molecule has 2 rings (SSSR count). The SMILES string of the molecule is Nc1ccncc1CC(=O)CC1CCCNC1. The van der Waals surface area contributed by atoms with Crippen LogP contribution in [0, 0.1) is 5.92 Å². The molecule has 1 unspecified atom stereocenters. The molecular weight excluding hydrogens is 214 g/mol. The summed E-state index contributed by atoms with van der Waals surface area (Å²) in [7, 11) is 0. The van der Waals surface area contributed by atoms with Crippen LogP contribution in [0.5, 0.6) is 0 Å². The number of anilines is 1. The molecule has 1 saturated heterocycles. The zero-order valence-electron chi connectivity index (χ0n) is 9.98. The van der Waals surface area contributed by atoms with E-state index in [9.17, 15) is 4.79 Å². The van der Waals surface area contributed by atoms with E-state index in [0.29, 0.717) is 24.4 Å². The Bertz CT molecular complexity index is 386. The van der Waals surface area contributed by atoms with Crippen LogP contribution in [0.15, 0.2) is 18.5 Å². The number of nitrogen functional groups attached to an aromatic ring is 1. The highest BCUT2D eigenvalue weighted by atomic mass is 16.1. The lowest BCUT2D eigenvalue weighted by atomic mass is 9.92. The molecule has 4 heteroatoms. The molecule has 1 fully saturated rings. The normalized spacial score (nSPS) is 20.1. The maximum absolute atomic E-state index is 11.9. The number of nitrogens with one attached hydrogen (secondary N) is 1. The Labute approximate surface area is 102 Å². The first-order valence-corrected chi connectivity index (χ1v) is 6.16. The minimum atomic E-state index is 0.262. The molecule has 0 aliphatic carbocycles. The fourth-order valence-corrected chi connectivity index (χ4v) is 2.29. The smallest absolute Gasteiger partial charge is 0.137 e. The summed E-state index contributed by atoms with van der Waals surface area (Å²) in [6, 6.07) is 1.74. The minimum Gasteiger partial charge on any atom is -0.398 e. The Hall–Kier alpha value is -1.42. The fourth-order valence-electron chi connectivity index (χ4n) is 2.29. The van der Waals surface area contributed by atoms with Crippen LogP contribution in [0.1, 0.15) is 24.8 Å². The lowest BCUT2D eigenvalue weighted by Crippen LogP contribution is -2.31. The van der Waals surface area contributed by atoms with Crippen molar-refractivity contribution in [2.24, 2.45) is 5.92 Å². The van der Waals surface area contributed by atoms with Gasteiger partial charge in [0.1, 0.15) is 5.78 Å². The van der Waals surface area contributed by atoms with Gasteiger partial charge in [-0.25, -0.2) is 0 Å². The van der Waals surface area contributed by atoms with Gasteiger partial charge in [-0.3, -0.25) is 9.78 Å². The van der Waals surface area contributed by atoms with E-state index in [2.05, 4.69) is 10.3 Å². The second-order valence-electron chi connectivity index (χ2n) is 4.71. The zero-order valence-corrected chi connectivity index (χ0v) is 9.98. The zero-order chi connectivity index (χ0) is 12.1. The number of hydrogen-bond donors (Lipinski definition) is 2. The second kappa shape index (κ2) is 5.77. The predicted molar refractivity (Wildman–Crippen MR) is 67.6 cm³/mol. The first-order valence-electron chi connectivity index (χ1n) is 6.16. The maximum Gasteiger partial charge on any atom is 0.137 e. The summed E-state index contributed by atoms with van der Waals surface area (Å²) in [5, 5.41) is 3.33. The average Bonchev–Trinajstić information content (AvgIpc) is 2.33. The van der Waals surface area contributed by atoms with E-state index in [1.54, 1.807) is 18.5 Å². The van der Waals surface area contributed by atoms with Crippen LogP contribution in [-0.2, 0) is 11.2 Å². The van der Waals surface area contributed by atoms with Crippen LogP contribution in [0.4, 0.5) is 5.69 Å². The van der Waals surface area contributed by atoms with Crippen LogP contribution >= 0.6 is 0 Å². The van der Waals surface area contributed by atoms with Gasteiger partial charge >= 0.3 is 0 Å². The molecule has 1 aromatic rings. The number of nitrogens with two attached hydrogens (primary N) is 1. The van der Waals surface area contributed by atoms with Gasteiger partial charge in [0.05, 0.1) is 0 Å². The lowest BCUT2D eigenvalue weighted by molar-refractivity contribution is -0.119. The van der Waals surface area contributed by atoms with E-state index in [1.165, 1.54) is 6.42 Å². The first-order chi connectivity index (χ1) is 8.25. The highest BCUT2D eigenvalue weighted by molar-refractivity contribution is 5.82. The summed E-state index contributed by atoms with van der Waals surface area (Å²) < 4.78 is 0. The Morgan fingerprint density at radius 3 is 3.18 bits per heavy atom. The summed E-state index contributed by atoms with van der Waals surface area (Å²) in [6.07, 6.45) is 6.73. The van der Waals surface area contributed by atoms with Gasteiger partial charge in [-0.1, -0.05) is 0 Å². The van der Waals surface area contributed by atoms with Gasteiger partial charge in [0.25, 0.3) is 0 Å². The van der Waals surface area contributed by atoms with Gasteiger partial charge < -0.3 is 11.1 Å². The minimum absolute atomic E-state index is 0.262. The second-order valence-corrected chi connectivity index (χ2v) is 4.71. The Morgan fingerprint density at radius 1 is 1.59 bits per heavy atom. The average molecular weight is 233 g/mol. The number of carbonyl (C=O) groups is 1.